The lowest BCUT2D eigenvalue weighted by Crippen LogP contribution is -2.26. The van der Waals surface area contributed by atoms with Crippen molar-refractivity contribution in [3.05, 3.63) is 48.0 Å². The molecule has 0 aromatic heterocycles. The van der Waals surface area contributed by atoms with Crippen LogP contribution in [0.15, 0.2) is 42.5 Å². The standard InChI is InChI=1S/C16H22O4/c1-16(2)19-14(9-6-10-17)15(20-16)12-18-11-13-7-4-3-5-8-13/h3-9,14-15,17H,10-12H2,1-2H3/b9-6+/t14-,15-/m0/s1. The molecule has 1 aliphatic rings. The molecular formula is C16H22O4. The Bertz CT molecular complexity index is 427. The van der Waals surface area contributed by atoms with Gasteiger partial charge in [-0.05, 0) is 19.4 Å². The topological polar surface area (TPSA) is 47.9 Å². The SMILES string of the molecule is CC1(C)O[C@@H](/C=C/CO)[C@H](COCc2ccccc2)O1. The van der Waals surface area contributed by atoms with Gasteiger partial charge in [-0.15, -0.1) is 0 Å². The third kappa shape index (κ3) is 4.42. The van der Waals surface area contributed by atoms with E-state index in [1.165, 1.54) is 0 Å². The van der Waals surface area contributed by atoms with Crippen molar-refractivity contribution in [2.75, 3.05) is 13.2 Å². The molecule has 1 saturated heterocycles. The zero-order valence-corrected chi connectivity index (χ0v) is 12.0. The summed E-state index contributed by atoms with van der Waals surface area (Å²) in [7, 11) is 0. The maximum atomic E-state index is 8.85. The molecule has 0 saturated carbocycles. The van der Waals surface area contributed by atoms with E-state index in [2.05, 4.69) is 0 Å². The zero-order chi connectivity index (χ0) is 14.4. The molecule has 0 aliphatic carbocycles. The van der Waals surface area contributed by atoms with Crippen molar-refractivity contribution in [1.29, 1.82) is 0 Å². The maximum absolute atomic E-state index is 8.85. The van der Waals surface area contributed by atoms with E-state index in [-0.39, 0.29) is 18.8 Å². The van der Waals surface area contributed by atoms with Gasteiger partial charge in [-0.25, -0.2) is 0 Å². The lowest BCUT2D eigenvalue weighted by molar-refractivity contribution is -0.148. The lowest BCUT2D eigenvalue weighted by Gasteiger charge is -2.16. The molecule has 20 heavy (non-hydrogen) atoms. The van der Waals surface area contributed by atoms with Crippen LogP contribution in [0.5, 0.6) is 0 Å². The lowest BCUT2D eigenvalue weighted by atomic mass is 10.2. The number of hydrogen-bond acceptors (Lipinski definition) is 4. The highest BCUT2D eigenvalue weighted by Crippen LogP contribution is 2.29. The van der Waals surface area contributed by atoms with Crippen molar-refractivity contribution < 1.29 is 19.3 Å². The van der Waals surface area contributed by atoms with Gasteiger partial charge in [0.25, 0.3) is 0 Å². The second kappa shape index (κ2) is 6.99. The summed E-state index contributed by atoms with van der Waals surface area (Å²) in [5.74, 6) is -0.620. The first-order chi connectivity index (χ1) is 9.61. The summed E-state index contributed by atoms with van der Waals surface area (Å²) in [6, 6.07) is 10.0. The van der Waals surface area contributed by atoms with Crippen molar-refractivity contribution >= 4 is 0 Å². The van der Waals surface area contributed by atoms with Gasteiger partial charge in [-0.2, -0.15) is 0 Å². The normalized spacial score (nSPS) is 25.4. The molecule has 1 aliphatic heterocycles. The van der Waals surface area contributed by atoms with E-state index < -0.39 is 5.79 Å². The van der Waals surface area contributed by atoms with Crippen LogP contribution in [0, 0.1) is 0 Å². The van der Waals surface area contributed by atoms with Crippen molar-refractivity contribution in [3.63, 3.8) is 0 Å². The van der Waals surface area contributed by atoms with Crippen LogP contribution >= 0.6 is 0 Å². The van der Waals surface area contributed by atoms with Crippen molar-refractivity contribution in [1.82, 2.24) is 0 Å². The molecule has 0 unspecified atom stereocenters. The van der Waals surface area contributed by atoms with Crippen LogP contribution < -0.4 is 0 Å². The largest absolute Gasteiger partial charge is 0.392 e. The Hall–Kier alpha value is -1.20. The second-order valence-electron chi connectivity index (χ2n) is 5.25. The van der Waals surface area contributed by atoms with E-state index in [0.717, 1.165) is 5.56 Å². The van der Waals surface area contributed by atoms with Crippen LogP contribution in [0.3, 0.4) is 0 Å². The van der Waals surface area contributed by atoms with Gasteiger partial charge in [0.15, 0.2) is 5.79 Å². The predicted octanol–water partition coefficient (Wildman–Crippen LogP) is 2.27. The highest BCUT2D eigenvalue weighted by Gasteiger charge is 2.39. The molecule has 0 radical (unpaired) electrons. The Morgan fingerprint density at radius 1 is 1.25 bits per heavy atom. The van der Waals surface area contributed by atoms with E-state index in [9.17, 15) is 0 Å². The Balaban J connectivity index is 1.85. The van der Waals surface area contributed by atoms with Gasteiger partial charge < -0.3 is 19.3 Å². The summed E-state index contributed by atoms with van der Waals surface area (Å²) in [6.07, 6.45) is 3.15. The average Bonchev–Trinajstić information content (AvgIpc) is 2.72. The van der Waals surface area contributed by atoms with E-state index in [0.29, 0.717) is 13.2 Å². The van der Waals surface area contributed by atoms with Crippen molar-refractivity contribution in [3.8, 4) is 0 Å². The van der Waals surface area contributed by atoms with Crippen LogP contribution in [0.1, 0.15) is 19.4 Å². The Morgan fingerprint density at radius 2 is 2.00 bits per heavy atom. The molecule has 0 bridgehead atoms. The minimum absolute atomic E-state index is 0.00210. The van der Waals surface area contributed by atoms with Gasteiger partial charge in [0.1, 0.15) is 12.2 Å². The Kier molecular flexibility index (Phi) is 5.31. The molecule has 4 nitrogen and oxygen atoms in total. The molecule has 0 amide bonds. The predicted molar refractivity (Wildman–Crippen MR) is 76.1 cm³/mol. The minimum atomic E-state index is -0.620. The highest BCUT2D eigenvalue weighted by molar-refractivity contribution is 5.13. The van der Waals surface area contributed by atoms with Crippen LogP contribution in [0.2, 0.25) is 0 Å². The fraction of sp³-hybridized carbons (Fsp3) is 0.500. The van der Waals surface area contributed by atoms with Gasteiger partial charge in [0.2, 0.25) is 0 Å². The third-order valence-corrected chi connectivity index (χ3v) is 3.05. The van der Waals surface area contributed by atoms with Gasteiger partial charge in [-0.3, -0.25) is 0 Å². The number of benzene rings is 1. The number of aliphatic hydroxyl groups excluding tert-OH is 1. The molecule has 2 atom stereocenters. The van der Waals surface area contributed by atoms with Gasteiger partial charge >= 0.3 is 0 Å². The summed E-state index contributed by atoms with van der Waals surface area (Å²) in [5, 5.41) is 8.85. The maximum Gasteiger partial charge on any atom is 0.164 e. The number of ether oxygens (including phenoxy) is 3. The van der Waals surface area contributed by atoms with Crippen molar-refractivity contribution in [2.24, 2.45) is 0 Å². The van der Waals surface area contributed by atoms with Crippen LogP contribution in [0.4, 0.5) is 0 Å². The monoisotopic (exact) mass is 278 g/mol. The van der Waals surface area contributed by atoms with Crippen LogP contribution in [-0.2, 0) is 20.8 Å². The zero-order valence-electron chi connectivity index (χ0n) is 12.0. The smallest absolute Gasteiger partial charge is 0.164 e. The molecule has 1 aromatic rings. The first-order valence-electron chi connectivity index (χ1n) is 6.85. The van der Waals surface area contributed by atoms with E-state index in [1.54, 1.807) is 6.08 Å². The van der Waals surface area contributed by atoms with Gasteiger partial charge in [0.05, 0.1) is 19.8 Å². The minimum Gasteiger partial charge on any atom is -0.392 e. The number of hydrogen-bond donors (Lipinski definition) is 1. The molecule has 110 valence electrons. The third-order valence-electron chi connectivity index (χ3n) is 3.05. The molecule has 4 heteroatoms. The van der Waals surface area contributed by atoms with Crippen LogP contribution in [-0.4, -0.2) is 36.3 Å². The quantitative estimate of drug-likeness (QED) is 0.811. The Labute approximate surface area is 120 Å². The first kappa shape index (κ1) is 15.2. The highest BCUT2D eigenvalue weighted by atomic mass is 16.8. The number of aliphatic hydroxyl groups is 1. The molecule has 0 spiro atoms. The fourth-order valence-corrected chi connectivity index (χ4v) is 2.22. The van der Waals surface area contributed by atoms with Crippen LogP contribution in [0.25, 0.3) is 0 Å². The molecule has 1 fully saturated rings. The summed E-state index contributed by atoms with van der Waals surface area (Å²) in [5.41, 5.74) is 1.13. The Morgan fingerprint density at radius 3 is 2.70 bits per heavy atom. The molecule has 1 aromatic carbocycles. The first-order valence-corrected chi connectivity index (χ1v) is 6.85. The van der Waals surface area contributed by atoms with E-state index >= 15 is 0 Å². The van der Waals surface area contributed by atoms with Gasteiger partial charge in [0, 0.05) is 0 Å². The molecule has 2 rings (SSSR count). The fourth-order valence-electron chi connectivity index (χ4n) is 2.22. The number of rotatable bonds is 6. The van der Waals surface area contributed by atoms with E-state index in [1.807, 2.05) is 50.3 Å². The second-order valence-corrected chi connectivity index (χ2v) is 5.25. The summed E-state index contributed by atoms with van der Waals surface area (Å²) < 4.78 is 17.3. The molecule has 1 heterocycles. The summed E-state index contributed by atoms with van der Waals surface area (Å²) in [6.45, 7) is 4.77. The molecular weight excluding hydrogens is 256 g/mol. The summed E-state index contributed by atoms with van der Waals surface area (Å²) >= 11 is 0. The van der Waals surface area contributed by atoms with Gasteiger partial charge in [-0.1, -0.05) is 42.5 Å². The molecule has 1 N–H and O–H groups in total. The van der Waals surface area contributed by atoms with Crippen molar-refractivity contribution in [2.45, 2.75) is 38.4 Å². The van der Waals surface area contributed by atoms with E-state index in [4.69, 9.17) is 19.3 Å². The average molecular weight is 278 g/mol. The summed E-state index contributed by atoms with van der Waals surface area (Å²) in [4.78, 5) is 0.